The molecule has 0 saturated carbocycles. The molecule has 2 rings (SSSR count). The Morgan fingerprint density at radius 3 is 2.33 bits per heavy atom. The van der Waals surface area contributed by atoms with Gasteiger partial charge >= 0.3 is 0 Å². The number of hydrogen-bond acceptors (Lipinski definition) is 6. The van der Waals surface area contributed by atoms with Crippen molar-refractivity contribution in [3.8, 4) is 5.88 Å². The Labute approximate surface area is 142 Å². The number of rotatable bonds is 5. The first-order valence-corrected chi connectivity index (χ1v) is 7.66. The average Bonchev–Trinajstić information content (AvgIpc) is 2.56. The van der Waals surface area contributed by atoms with Gasteiger partial charge in [0.15, 0.2) is 4.77 Å². The van der Waals surface area contributed by atoms with E-state index in [1.807, 2.05) is 0 Å². The minimum atomic E-state index is -0.508. The minimum absolute atomic E-state index is 0.0191. The molecule has 1 aromatic heterocycles. The van der Waals surface area contributed by atoms with Crippen LogP contribution in [0.2, 0.25) is 0 Å². The van der Waals surface area contributed by atoms with Crippen molar-refractivity contribution in [2.24, 2.45) is 4.99 Å². The molecule has 9 heteroatoms. The maximum atomic E-state index is 12.4. The molecule has 0 amide bonds. The summed E-state index contributed by atoms with van der Waals surface area (Å²) in [5.41, 5.74) is -0.0432. The molecule has 0 aliphatic carbocycles. The summed E-state index contributed by atoms with van der Waals surface area (Å²) < 4.78 is 3.06. The van der Waals surface area contributed by atoms with Crippen LogP contribution in [0.1, 0.15) is 19.4 Å². The van der Waals surface area contributed by atoms with Crippen LogP contribution in [0, 0.1) is 14.9 Å². The Morgan fingerprint density at radius 2 is 1.83 bits per heavy atom. The topological polar surface area (TPSA) is 103 Å². The molecule has 0 unspecified atom stereocenters. The second-order valence-corrected chi connectivity index (χ2v) is 5.21. The normalized spacial score (nSPS) is 11.1. The Bertz CT molecular complexity index is 913. The van der Waals surface area contributed by atoms with Gasteiger partial charge in [-0.05, 0) is 38.2 Å². The standard InChI is InChI=1S/C15H16N4O4S/c1-3-17-13(20)12(14(21)18(4-2)15(17)24)9-16-10-5-7-11(8-6-10)19(22)23/h5-9,20H,3-4H2,1-2H3. The van der Waals surface area contributed by atoms with Crippen molar-refractivity contribution in [3.63, 3.8) is 0 Å². The predicted octanol–water partition coefficient (Wildman–Crippen LogP) is 2.78. The van der Waals surface area contributed by atoms with Crippen molar-refractivity contribution in [1.29, 1.82) is 0 Å². The van der Waals surface area contributed by atoms with Crippen LogP contribution in [-0.4, -0.2) is 25.4 Å². The molecule has 0 radical (unpaired) electrons. The molecule has 2 aromatic rings. The number of aromatic hydroxyl groups is 1. The Morgan fingerprint density at radius 1 is 1.25 bits per heavy atom. The molecule has 8 nitrogen and oxygen atoms in total. The minimum Gasteiger partial charge on any atom is -0.494 e. The molecule has 0 spiro atoms. The van der Waals surface area contributed by atoms with E-state index in [0.29, 0.717) is 18.8 Å². The largest absolute Gasteiger partial charge is 0.494 e. The molecule has 0 aliphatic heterocycles. The summed E-state index contributed by atoms with van der Waals surface area (Å²) >= 11 is 5.20. The van der Waals surface area contributed by atoms with Gasteiger partial charge < -0.3 is 5.11 Å². The monoisotopic (exact) mass is 348 g/mol. The summed E-state index contributed by atoms with van der Waals surface area (Å²) in [5.74, 6) is -0.247. The lowest BCUT2D eigenvalue weighted by molar-refractivity contribution is -0.384. The van der Waals surface area contributed by atoms with Gasteiger partial charge in [-0.25, -0.2) is 0 Å². The molecule has 24 heavy (non-hydrogen) atoms. The van der Waals surface area contributed by atoms with Crippen LogP contribution in [0.25, 0.3) is 0 Å². The zero-order valence-corrected chi connectivity index (χ0v) is 14.0. The van der Waals surface area contributed by atoms with Crippen LogP contribution in [0.4, 0.5) is 11.4 Å². The van der Waals surface area contributed by atoms with Crippen LogP contribution in [0.3, 0.4) is 0 Å². The lowest BCUT2D eigenvalue weighted by Gasteiger charge is -2.13. The van der Waals surface area contributed by atoms with Gasteiger partial charge in [-0.1, -0.05) is 0 Å². The van der Waals surface area contributed by atoms with E-state index < -0.39 is 10.5 Å². The number of nitro benzene ring substituents is 1. The quantitative estimate of drug-likeness (QED) is 0.387. The maximum Gasteiger partial charge on any atom is 0.269 e. The molecule has 0 aliphatic rings. The maximum absolute atomic E-state index is 12.4. The highest BCUT2D eigenvalue weighted by atomic mass is 32.1. The molecule has 1 aromatic carbocycles. The molecule has 0 bridgehead atoms. The van der Waals surface area contributed by atoms with E-state index in [-0.39, 0.29) is 21.9 Å². The van der Waals surface area contributed by atoms with Gasteiger partial charge in [0.2, 0.25) is 5.88 Å². The van der Waals surface area contributed by atoms with Crippen LogP contribution in [0.5, 0.6) is 5.88 Å². The lowest BCUT2D eigenvalue weighted by atomic mass is 10.3. The number of aliphatic imine (C=N–C) groups is 1. The molecule has 0 fully saturated rings. The van der Waals surface area contributed by atoms with Crippen molar-refractivity contribution in [2.45, 2.75) is 26.9 Å². The summed E-state index contributed by atoms with van der Waals surface area (Å²) in [6.45, 7) is 4.36. The highest BCUT2D eigenvalue weighted by Gasteiger charge is 2.13. The number of aromatic nitrogens is 2. The molecular weight excluding hydrogens is 332 g/mol. The number of nitrogens with zero attached hydrogens (tertiary/aromatic N) is 4. The Kier molecular flexibility index (Phi) is 5.24. The Balaban J connectivity index is 2.51. The zero-order chi connectivity index (χ0) is 17.9. The molecule has 1 N–H and O–H groups in total. The summed E-state index contributed by atoms with van der Waals surface area (Å²) in [6.07, 6.45) is 1.24. The van der Waals surface area contributed by atoms with Crippen LogP contribution in [0.15, 0.2) is 34.1 Å². The van der Waals surface area contributed by atoms with E-state index in [1.165, 1.54) is 39.6 Å². The third-order valence-corrected chi connectivity index (χ3v) is 3.91. The fourth-order valence-corrected chi connectivity index (χ4v) is 2.61. The van der Waals surface area contributed by atoms with E-state index in [4.69, 9.17) is 12.2 Å². The van der Waals surface area contributed by atoms with Gasteiger partial charge in [-0.15, -0.1) is 0 Å². The van der Waals surface area contributed by atoms with Crippen LogP contribution >= 0.6 is 12.2 Å². The SMILES string of the molecule is CCn1c(O)c(C=Nc2ccc([N+](=O)[O-])cc2)c(=O)n(CC)c1=S. The van der Waals surface area contributed by atoms with Gasteiger partial charge in [0, 0.05) is 31.4 Å². The van der Waals surface area contributed by atoms with Crippen molar-refractivity contribution in [3.05, 3.63) is 55.1 Å². The fourth-order valence-electron chi connectivity index (χ4n) is 2.19. The molecule has 126 valence electrons. The molecule has 1 heterocycles. The van der Waals surface area contributed by atoms with E-state index >= 15 is 0 Å². The third-order valence-electron chi connectivity index (χ3n) is 3.47. The summed E-state index contributed by atoms with van der Waals surface area (Å²) in [4.78, 5) is 26.7. The smallest absolute Gasteiger partial charge is 0.269 e. The van der Waals surface area contributed by atoms with Gasteiger partial charge in [0.25, 0.3) is 11.2 Å². The highest BCUT2D eigenvalue weighted by Crippen LogP contribution is 2.19. The van der Waals surface area contributed by atoms with E-state index in [0.717, 1.165) is 0 Å². The van der Waals surface area contributed by atoms with E-state index in [1.54, 1.807) is 13.8 Å². The number of non-ortho nitro benzene ring substituents is 1. The van der Waals surface area contributed by atoms with Gasteiger partial charge in [0.1, 0.15) is 5.56 Å². The number of benzene rings is 1. The zero-order valence-electron chi connectivity index (χ0n) is 13.2. The first kappa shape index (κ1) is 17.5. The van der Waals surface area contributed by atoms with E-state index in [2.05, 4.69) is 4.99 Å². The molecule has 0 atom stereocenters. The van der Waals surface area contributed by atoms with Gasteiger partial charge in [-0.3, -0.25) is 29.0 Å². The number of nitro groups is 1. The molecule has 0 saturated heterocycles. The van der Waals surface area contributed by atoms with Crippen molar-refractivity contribution in [2.75, 3.05) is 0 Å². The van der Waals surface area contributed by atoms with Crippen LogP contribution in [-0.2, 0) is 13.1 Å². The van der Waals surface area contributed by atoms with Crippen molar-refractivity contribution < 1.29 is 10.0 Å². The first-order chi connectivity index (χ1) is 11.4. The van der Waals surface area contributed by atoms with Gasteiger partial charge in [-0.2, -0.15) is 0 Å². The highest BCUT2D eigenvalue weighted by molar-refractivity contribution is 7.71. The summed E-state index contributed by atoms with van der Waals surface area (Å²) in [5, 5.41) is 20.9. The second-order valence-electron chi connectivity index (χ2n) is 4.85. The fraction of sp³-hybridized carbons (Fsp3) is 0.267. The van der Waals surface area contributed by atoms with Crippen molar-refractivity contribution in [1.82, 2.24) is 9.13 Å². The summed E-state index contributed by atoms with van der Waals surface area (Å²) in [7, 11) is 0. The average molecular weight is 348 g/mol. The third kappa shape index (κ3) is 3.25. The van der Waals surface area contributed by atoms with Crippen molar-refractivity contribution >= 4 is 29.8 Å². The summed E-state index contributed by atoms with van der Waals surface area (Å²) in [6, 6.07) is 5.55. The lowest BCUT2D eigenvalue weighted by Crippen LogP contribution is -2.27. The predicted molar refractivity (Wildman–Crippen MR) is 92.9 cm³/mol. The molecular formula is C15H16N4O4S. The Hall–Kier alpha value is -2.81. The second kappa shape index (κ2) is 7.18. The number of hydrogen-bond donors (Lipinski definition) is 1. The van der Waals surface area contributed by atoms with Gasteiger partial charge in [0.05, 0.1) is 10.6 Å². The first-order valence-electron chi connectivity index (χ1n) is 7.25. The van der Waals surface area contributed by atoms with E-state index in [9.17, 15) is 20.0 Å². The van der Waals surface area contributed by atoms with Crippen LogP contribution < -0.4 is 5.56 Å².